The molecule has 90 valence electrons. The monoisotopic (exact) mass is 236 g/mol. The van der Waals surface area contributed by atoms with Gasteiger partial charge in [0.25, 0.3) is 0 Å². The highest BCUT2D eigenvalue weighted by Crippen LogP contribution is 2.29. The van der Waals surface area contributed by atoms with E-state index in [1.54, 1.807) is 6.92 Å². The summed E-state index contributed by atoms with van der Waals surface area (Å²) in [7, 11) is 1.37. The zero-order valence-corrected chi connectivity index (χ0v) is 8.76. The Balaban J connectivity index is 3.13. The van der Waals surface area contributed by atoms with Crippen LogP contribution < -0.4 is 15.2 Å². The molecule has 2 N–H and O–H groups in total. The quantitative estimate of drug-likeness (QED) is 0.868. The molecule has 0 saturated heterocycles. The number of hydrogen-bond acceptors (Lipinski definition) is 4. The van der Waals surface area contributed by atoms with Crippen LogP contribution in [0.15, 0.2) is 6.07 Å². The van der Waals surface area contributed by atoms with Crippen LogP contribution in [0.2, 0.25) is 0 Å². The molecule has 0 aliphatic heterocycles. The molecule has 0 aliphatic carbocycles. The van der Waals surface area contributed by atoms with Crippen molar-refractivity contribution in [1.29, 1.82) is 0 Å². The van der Waals surface area contributed by atoms with Gasteiger partial charge in [0.2, 0.25) is 5.88 Å². The third kappa shape index (κ3) is 2.99. The van der Waals surface area contributed by atoms with Gasteiger partial charge in [-0.05, 0) is 13.0 Å². The van der Waals surface area contributed by atoms with Crippen LogP contribution in [0.5, 0.6) is 11.6 Å². The molecule has 0 saturated carbocycles. The van der Waals surface area contributed by atoms with Gasteiger partial charge >= 0.3 is 6.36 Å². The fraction of sp³-hybridized carbons (Fsp3) is 0.444. The highest BCUT2D eigenvalue weighted by molar-refractivity contribution is 5.38. The van der Waals surface area contributed by atoms with E-state index in [4.69, 9.17) is 10.5 Å². The number of nitrogens with two attached hydrogens (primary N) is 1. The maximum Gasteiger partial charge on any atom is 0.573 e. The van der Waals surface area contributed by atoms with Crippen molar-refractivity contribution in [3.63, 3.8) is 0 Å². The average Bonchev–Trinajstić information content (AvgIpc) is 2.16. The van der Waals surface area contributed by atoms with Crippen molar-refractivity contribution in [3.05, 3.63) is 17.3 Å². The summed E-state index contributed by atoms with van der Waals surface area (Å²) in [5, 5.41) is 0. The van der Waals surface area contributed by atoms with E-state index in [1.807, 2.05) is 0 Å². The second-order valence-corrected chi connectivity index (χ2v) is 3.01. The summed E-state index contributed by atoms with van der Waals surface area (Å²) in [4.78, 5) is 3.82. The van der Waals surface area contributed by atoms with E-state index in [1.165, 1.54) is 13.2 Å². The van der Waals surface area contributed by atoms with E-state index in [0.717, 1.165) is 0 Å². The number of methoxy groups -OCH3 is 1. The summed E-state index contributed by atoms with van der Waals surface area (Å²) < 4.78 is 44.8. The Morgan fingerprint density at radius 3 is 2.50 bits per heavy atom. The van der Waals surface area contributed by atoms with Gasteiger partial charge in [-0.1, -0.05) is 0 Å². The summed E-state index contributed by atoms with van der Waals surface area (Å²) in [6.07, 6.45) is -4.76. The normalized spacial score (nSPS) is 11.4. The minimum absolute atomic E-state index is 0.000208. The Labute approximate surface area is 90.2 Å². The summed E-state index contributed by atoms with van der Waals surface area (Å²) >= 11 is 0. The summed E-state index contributed by atoms with van der Waals surface area (Å²) in [5.74, 6) is -0.164. The van der Waals surface area contributed by atoms with Crippen molar-refractivity contribution in [2.24, 2.45) is 5.73 Å². The van der Waals surface area contributed by atoms with Crippen molar-refractivity contribution >= 4 is 0 Å². The highest BCUT2D eigenvalue weighted by Gasteiger charge is 2.32. The van der Waals surface area contributed by atoms with Gasteiger partial charge < -0.3 is 15.2 Å². The molecule has 1 heterocycles. The van der Waals surface area contributed by atoms with Crippen molar-refractivity contribution in [1.82, 2.24) is 4.98 Å². The lowest BCUT2D eigenvalue weighted by Gasteiger charge is -2.14. The number of ether oxygens (including phenoxy) is 2. The van der Waals surface area contributed by atoms with Crippen LogP contribution in [0.3, 0.4) is 0 Å². The Bertz CT molecular complexity index is 380. The van der Waals surface area contributed by atoms with Gasteiger partial charge in [-0.3, -0.25) is 0 Å². The third-order valence-electron chi connectivity index (χ3n) is 1.82. The molecular formula is C9H11F3N2O2. The van der Waals surface area contributed by atoms with Crippen LogP contribution in [0.25, 0.3) is 0 Å². The number of alkyl halides is 3. The maximum atomic E-state index is 12.0. The van der Waals surface area contributed by atoms with Gasteiger partial charge in [0, 0.05) is 12.1 Å². The molecule has 1 aromatic heterocycles. The van der Waals surface area contributed by atoms with Crippen molar-refractivity contribution in [2.75, 3.05) is 7.11 Å². The van der Waals surface area contributed by atoms with Crippen LogP contribution in [-0.2, 0) is 6.54 Å². The second-order valence-electron chi connectivity index (χ2n) is 3.01. The van der Waals surface area contributed by atoms with Crippen LogP contribution >= 0.6 is 0 Å². The first-order chi connectivity index (χ1) is 7.37. The molecule has 7 heteroatoms. The summed E-state index contributed by atoms with van der Waals surface area (Å²) in [6.45, 7) is 1.40. The van der Waals surface area contributed by atoms with Gasteiger partial charge in [-0.2, -0.15) is 0 Å². The van der Waals surface area contributed by atoms with E-state index >= 15 is 0 Å². The first-order valence-corrected chi connectivity index (χ1v) is 4.37. The number of halogens is 3. The molecule has 0 radical (unpaired) electrons. The molecule has 1 aromatic rings. The minimum Gasteiger partial charge on any atom is -0.481 e. The fourth-order valence-corrected chi connectivity index (χ4v) is 1.17. The maximum absolute atomic E-state index is 12.0. The summed E-state index contributed by atoms with van der Waals surface area (Å²) in [5.41, 5.74) is 5.72. The summed E-state index contributed by atoms with van der Waals surface area (Å²) in [6, 6.07) is 1.20. The van der Waals surface area contributed by atoms with Crippen LogP contribution in [0.4, 0.5) is 13.2 Å². The molecule has 0 bridgehead atoms. The van der Waals surface area contributed by atoms with Crippen molar-refractivity contribution in [3.8, 4) is 11.6 Å². The lowest BCUT2D eigenvalue weighted by atomic mass is 10.2. The zero-order chi connectivity index (χ0) is 12.3. The molecule has 0 unspecified atom stereocenters. The molecule has 4 nitrogen and oxygen atoms in total. The first-order valence-electron chi connectivity index (χ1n) is 4.37. The molecule has 16 heavy (non-hydrogen) atoms. The molecule has 0 atom stereocenters. The van der Waals surface area contributed by atoms with E-state index in [0.29, 0.717) is 5.56 Å². The SMILES string of the molecule is COc1nc(CN)c(OC(F)(F)F)cc1C. The van der Waals surface area contributed by atoms with Crippen LogP contribution in [0, 0.1) is 6.92 Å². The number of aryl methyl sites for hydroxylation is 1. The Morgan fingerprint density at radius 2 is 2.06 bits per heavy atom. The number of rotatable bonds is 3. The van der Waals surface area contributed by atoms with Crippen molar-refractivity contribution in [2.45, 2.75) is 19.8 Å². The average molecular weight is 236 g/mol. The predicted octanol–water partition coefficient (Wildman–Crippen LogP) is 1.76. The van der Waals surface area contributed by atoms with Crippen LogP contribution in [0.1, 0.15) is 11.3 Å². The van der Waals surface area contributed by atoms with Gasteiger partial charge in [0.15, 0.2) is 5.75 Å². The molecule has 1 rings (SSSR count). The van der Waals surface area contributed by atoms with E-state index in [2.05, 4.69) is 9.72 Å². The predicted molar refractivity (Wildman–Crippen MR) is 50.1 cm³/mol. The third-order valence-corrected chi connectivity index (χ3v) is 1.82. The smallest absolute Gasteiger partial charge is 0.481 e. The van der Waals surface area contributed by atoms with Crippen LogP contribution in [-0.4, -0.2) is 18.5 Å². The largest absolute Gasteiger partial charge is 0.573 e. The molecule has 0 amide bonds. The van der Waals surface area contributed by atoms with Gasteiger partial charge in [-0.15, -0.1) is 13.2 Å². The first kappa shape index (κ1) is 12.6. The highest BCUT2D eigenvalue weighted by atomic mass is 19.4. The number of aromatic nitrogens is 1. The minimum atomic E-state index is -4.76. The second kappa shape index (κ2) is 4.56. The number of nitrogens with zero attached hydrogens (tertiary/aromatic N) is 1. The standard InChI is InChI=1S/C9H11F3N2O2/c1-5-3-7(16-9(10,11)12)6(4-13)14-8(5)15-2/h3H,4,13H2,1-2H3. The Kier molecular flexibility index (Phi) is 3.58. The lowest BCUT2D eigenvalue weighted by molar-refractivity contribution is -0.275. The van der Waals surface area contributed by atoms with Gasteiger partial charge in [-0.25, -0.2) is 4.98 Å². The molecule has 0 aliphatic rings. The van der Waals surface area contributed by atoms with Gasteiger partial charge in [0.05, 0.1) is 7.11 Å². The Morgan fingerprint density at radius 1 is 1.44 bits per heavy atom. The Hall–Kier alpha value is -1.50. The van der Waals surface area contributed by atoms with E-state index in [-0.39, 0.29) is 18.1 Å². The number of hydrogen-bond donors (Lipinski definition) is 1. The number of pyridine rings is 1. The van der Waals surface area contributed by atoms with Gasteiger partial charge in [0.1, 0.15) is 5.69 Å². The fourth-order valence-electron chi connectivity index (χ4n) is 1.17. The van der Waals surface area contributed by atoms with Crippen molar-refractivity contribution < 1.29 is 22.6 Å². The topological polar surface area (TPSA) is 57.4 Å². The molecule has 0 spiro atoms. The van der Waals surface area contributed by atoms with E-state index < -0.39 is 12.1 Å². The molecule has 0 aromatic carbocycles. The molecule has 0 fully saturated rings. The molecular weight excluding hydrogens is 225 g/mol. The van der Waals surface area contributed by atoms with E-state index in [9.17, 15) is 13.2 Å². The lowest BCUT2D eigenvalue weighted by Crippen LogP contribution is -2.19. The zero-order valence-electron chi connectivity index (χ0n) is 8.76.